The number of benzene rings is 1. The van der Waals surface area contributed by atoms with Gasteiger partial charge in [-0.15, -0.1) is 0 Å². The summed E-state index contributed by atoms with van der Waals surface area (Å²) in [7, 11) is 0. The van der Waals surface area contributed by atoms with Crippen LogP contribution in [-0.2, 0) is 20.9 Å². The van der Waals surface area contributed by atoms with Gasteiger partial charge in [-0.3, -0.25) is 24.3 Å². The molecule has 4 rings (SSSR count). The molecule has 2 aliphatic heterocycles. The molecule has 0 saturated carbocycles. The van der Waals surface area contributed by atoms with Gasteiger partial charge in [0.1, 0.15) is 5.70 Å². The zero-order chi connectivity index (χ0) is 22.0. The van der Waals surface area contributed by atoms with Crippen molar-refractivity contribution in [2.24, 2.45) is 5.92 Å². The van der Waals surface area contributed by atoms with Crippen LogP contribution in [0.15, 0.2) is 54.5 Å². The summed E-state index contributed by atoms with van der Waals surface area (Å²) in [6.45, 7) is 5.31. The molecule has 1 aromatic carbocycles. The van der Waals surface area contributed by atoms with Crippen molar-refractivity contribution in [2.45, 2.75) is 33.2 Å². The Morgan fingerprint density at radius 2 is 1.94 bits per heavy atom. The maximum Gasteiger partial charge on any atom is 0.278 e. The molecule has 1 aromatic heterocycles. The number of amides is 3. The van der Waals surface area contributed by atoms with Crippen molar-refractivity contribution in [3.63, 3.8) is 0 Å². The molecule has 2 aromatic rings. The highest BCUT2D eigenvalue weighted by atomic mass is 16.2. The highest BCUT2D eigenvalue weighted by Gasteiger charge is 2.42. The SMILES string of the molecule is CC(=O)Nc1ccc(C2=C(N3CCCC(C)C3)C(=O)N(Cc3cccnc3)C2=O)cc1. The summed E-state index contributed by atoms with van der Waals surface area (Å²) in [4.78, 5) is 45.7. The highest BCUT2D eigenvalue weighted by molar-refractivity contribution is 6.35. The average molecular weight is 418 g/mol. The number of carbonyl (C=O) groups excluding carboxylic acids is 3. The Hall–Kier alpha value is -3.48. The van der Waals surface area contributed by atoms with E-state index in [9.17, 15) is 14.4 Å². The molecule has 160 valence electrons. The van der Waals surface area contributed by atoms with Gasteiger partial charge in [0.25, 0.3) is 11.8 Å². The number of rotatable bonds is 5. The maximum atomic E-state index is 13.5. The molecular formula is C24H26N4O3. The number of anilines is 1. The second kappa shape index (κ2) is 8.71. The van der Waals surface area contributed by atoms with Gasteiger partial charge in [0.15, 0.2) is 0 Å². The summed E-state index contributed by atoms with van der Waals surface area (Å²) >= 11 is 0. The fourth-order valence-corrected chi connectivity index (χ4v) is 4.25. The molecule has 0 radical (unpaired) electrons. The summed E-state index contributed by atoms with van der Waals surface area (Å²) in [5, 5.41) is 2.73. The van der Waals surface area contributed by atoms with Crippen molar-refractivity contribution in [3.8, 4) is 0 Å². The summed E-state index contributed by atoms with van der Waals surface area (Å²) in [6.07, 6.45) is 5.44. The normalized spacial score (nSPS) is 19.2. The molecule has 3 heterocycles. The smallest absolute Gasteiger partial charge is 0.278 e. The van der Waals surface area contributed by atoms with Crippen molar-refractivity contribution in [3.05, 3.63) is 65.6 Å². The van der Waals surface area contributed by atoms with E-state index in [-0.39, 0.29) is 24.3 Å². The first-order valence-corrected chi connectivity index (χ1v) is 10.6. The molecule has 7 nitrogen and oxygen atoms in total. The van der Waals surface area contributed by atoms with Crippen LogP contribution in [0.1, 0.15) is 37.8 Å². The van der Waals surface area contributed by atoms with Gasteiger partial charge < -0.3 is 10.2 Å². The standard InChI is InChI=1S/C24H26N4O3/c1-16-5-4-12-27(14-16)22-21(19-7-9-20(10-8-19)26-17(2)29)23(30)28(24(22)31)15-18-6-3-11-25-13-18/h3,6-11,13,16H,4-5,12,14-15H2,1-2H3,(H,26,29). The van der Waals surface area contributed by atoms with Gasteiger partial charge in [-0.1, -0.05) is 25.1 Å². The van der Waals surface area contributed by atoms with E-state index < -0.39 is 0 Å². The monoisotopic (exact) mass is 418 g/mol. The summed E-state index contributed by atoms with van der Waals surface area (Å²) in [5.41, 5.74) is 3.03. The quantitative estimate of drug-likeness (QED) is 0.755. The first-order valence-electron chi connectivity index (χ1n) is 10.6. The van der Waals surface area contributed by atoms with E-state index in [0.29, 0.717) is 28.4 Å². The van der Waals surface area contributed by atoms with Crippen LogP contribution in [0.3, 0.4) is 0 Å². The minimum absolute atomic E-state index is 0.162. The average Bonchev–Trinajstić information content (AvgIpc) is 2.99. The molecule has 7 heteroatoms. The number of hydrogen-bond donors (Lipinski definition) is 1. The van der Waals surface area contributed by atoms with Crippen molar-refractivity contribution in [1.82, 2.24) is 14.8 Å². The van der Waals surface area contributed by atoms with Crippen LogP contribution in [0.4, 0.5) is 5.69 Å². The van der Waals surface area contributed by atoms with E-state index in [4.69, 9.17) is 0 Å². The lowest BCUT2D eigenvalue weighted by atomic mass is 9.97. The summed E-state index contributed by atoms with van der Waals surface area (Å²) in [5.74, 6) is -0.261. The van der Waals surface area contributed by atoms with Crippen molar-refractivity contribution in [2.75, 3.05) is 18.4 Å². The van der Waals surface area contributed by atoms with Gasteiger partial charge in [0.05, 0.1) is 12.1 Å². The third-order valence-corrected chi connectivity index (χ3v) is 5.67. The van der Waals surface area contributed by atoms with Gasteiger partial charge in [-0.05, 0) is 48.1 Å². The Labute approximate surface area is 181 Å². The zero-order valence-corrected chi connectivity index (χ0v) is 17.8. The van der Waals surface area contributed by atoms with E-state index in [1.807, 2.05) is 6.07 Å². The van der Waals surface area contributed by atoms with E-state index in [0.717, 1.165) is 31.5 Å². The molecule has 0 aliphatic carbocycles. The van der Waals surface area contributed by atoms with Gasteiger partial charge >= 0.3 is 0 Å². The molecule has 1 N–H and O–H groups in total. The van der Waals surface area contributed by atoms with Gasteiger partial charge in [0, 0.05) is 38.1 Å². The minimum atomic E-state index is -0.297. The Bertz CT molecular complexity index is 1030. The van der Waals surface area contributed by atoms with Gasteiger partial charge in [-0.25, -0.2) is 0 Å². The Kier molecular flexibility index (Phi) is 5.84. The van der Waals surface area contributed by atoms with Crippen LogP contribution in [0.2, 0.25) is 0 Å². The third kappa shape index (κ3) is 4.35. The predicted molar refractivity (Wildman–Crippen MR) is 117 cm³/mol. The molecule has 1 unspecified atom stereocenters. The number of aromatic nitrogens is 1. The number of piperidine rings is 1. The lowest BCUT2D eigenvalue weighted by Gasteiger charge is -2.33. The topological polar surface area (TPSA) is 82.6 Å². The fraction of sp³-hybridized carbons (Fsp3) is 0.333. The number of carbonyl (C=O) groups is 3. The summed E-state index contributed by atoms with van der Waals surface area (Å²) < 4.78 is 0. The first-order chi connectivity index (χ1) is 14.9. The molecule has 1 saturated heterocycles. The van der Waals surface area contributed by atoms with E-state index >= 15 is 0 Å². The zero-order valence-electron chi connectivity index (χ0n) is 17.8. The molecule has 31 heavy (non-hydrogen) atoms. The molecule has 1 fully saturated rings. The largest absolute Gasteiger partial charge is 0.366 e. The van der Waals surface area contributed by atoms with Crippen molar-refractivity contribution >= 4 is 29.0 Å². The molecule has 1 atom stereocenters. The number of likely N-dealkylation sites (tertiary alicyclic amines) is 1. The van der Waals surface area contributed by atoms with Gasteiger partial charge in [-0.2, -0.15) is 0 Å². The van der Waals surface area contributed by atoms with E-state index in [2.05, 4.69) is 22.1 Å². The second-order valence-corrected chi connectivity index (χ2v) is 8.23. The van der Waals surface area contributed by atoms with Crippen LogP contribution in [0.5, 0.6) is 0 Å². The molecule has 3 amide bonds. The van der Waals surface area contributed by atoms with Crippen LogP contribution in [0, 0.1) is 5.92 Å². The van der Waals surface area contributed by atoms with Crippen LogP contribution >= 0.6 is 0 Å². The highest BCUT2D eigenvalue weighted by Crippen LogP contribution is 2.35. The molecule has 0 bridgehead atoms. The lowest BCUT2D eigenvalue weighted by Crippen LogP contribution is -2.39. The Balaban J connectivity index is 1.71. The van der Waals surface area contributed by atoms with Crippen LogP contribution in [-0.4, -0.2) is 45.6 Å². The predicted octanol–water partition coefficient (Wildman–Crippen LogP) is 3.05. The number of hydrogen-bond acceptors (Lipinski definition) is 5. The maximum absolute atomic E-state index is 13.5. The van der Waals surface area contributed by atoms with Gasteiger partial charge in [0.2, 0.25) is 5.91 Å². The first kappa shape index (κ1) is 20.8. The van der Waals surface area contributed by atoms with E-state index in [1.54, 1.807) is 42.7 Å². The molecular weight excluding hydrogens is 392 g/mol. The minimum Gasteiger partial charge on any atom is -0.366 e. The number of nitrogens with one attached hydrogen (secondary N) is 1. The van der Waals surface area contributed by atoms with Crippen LogP contribution in [0.25, 0.3) is 5.57 Å². The van der Waals surface area contributed by atoms with Crippen LogP contribution < -0.4 is 5.32 Å². The number of nitrogens with zero attached hydrogens (tertiary/aromatic N) is 3. The fourth-order valence-electron chi connectivity index (χ4n) is 4.25. The second-order valence-electron chi connectivity index (χ2n) is 8.23. The summed E-state index contributed by atoms with van der Waals surface area (Å²) in [6, 6.07) is 10.7. The van der Waals surface area contributed by atoms with E-state index in [1.165, 1.54) is 11.8 Å². The third-order valence-electron chi connectivity index (χ3n) is 5.67. The Morgan fingerprint density at radius 3 is 2.58 bits per heavy atom. The Morgan fingerprint density at radius 1 is 1.16 bits per heavy atom. The number of pyridine rings is 1. The van der Waals surface area contributed by atoms with Crippen molar-refractivity contribution < 1.29 is 14.4 Å². The number of imide groups is 1. The molecule has 2 aliphatic rings. The van der Waals surface area contributed by atoms with Crippen molar-refractivity contribution in [1.29, 1.82) is 0 Å². The lowest BCUT2D eigenvalue weighted by molar-refractivity contribution is -0.138. The molecule has 0 spiro atoms.